The Morgan fingerprint density at radius 2 is 1.85 bits per heavy atom. The van der Waals surface area contributed by atoms with Crippen molar-refractivity contribution in [1.82, 2.24) is 15.5 Å². The number of hydrogen-bond donors (Lipinski definition) is 2. The third kappa shape index (κ3) is 5.00. The van der Waals surface area contributed by atoms with Crippen LogP contribution in [0.15, 0.2) is 35.3 Å². The molecule has 0 radical (unpaired) electrons. The molecule has 4 nitrogen and oxygen atoms in total. The van der Waals surface area contributed by atoms with Crippen LogP contribution < -0.4 is 10.6 Å². The molecule has 1 aliphatic heterocycles. The fourth-order valence-electron chi connectivity index (χ4n) is 4.46. The lowest BCUT2D eigenvalue weighted by Crippen LogP contribution is -2.50. The molecule has 0 spiro atoms. The van der Waals surface area contributed by atoms with Crippen molar-refractivity contribution in [3.05, 3.63) is 35.9 Å². The van der Waals surface area contributed by atoms with Crippen molar-refractivity contribution in [2.75, 3.05) is 26.7 Å². The molecule has 0 aromatic heterocycles. The second-order valence-electron chi connectivity index (χ2n) is 8.48. The average Bonchev–Trinajstić information content (AvgIpc) is 3.12. The van der Waals surface area contributed by atoms with Gasteiger partial charge in [0.2, 0.25) is 0 Å². The maximum atomic E-state index is 4.46. The number of benzene rings is 1. The molecule has 1 saturated carbocycles. The van der Waals surface area contributed by atoms with Gasteiger partial charge in [-0.3, -0.25) is 9.89 Å². The largest absolute Gasteiger partial charge is 0.356 e. The van der Waals surface area contributed by atoms with E-state index in [2.05, 4.69) is 64.7 Å². The zero-order valence-electron chi connectivity index (χ0n) is 16.8. The molecule has 2 fully saturated rings. The predicted octanol–water partition coefficient (Wildman–Crippen LogP) is 3.96. The van der Waals surface area contributed by atoms with Gasteiger partial charge in [0.05, 0.1) is 0 Å². The van der Waals surface area contributed by atoms with E-state index in [1.54, 1.807) is 0 Å². The van der Waals surface area contributed by atoms with E-state index in [-0.39, 0.29) is 0 Å². The van der Waals surface area contributed by atoms with Gasteiger partial charge in [0.25, 0.3) is 0 Å². The lowest BCUT2D eigenvalue weighted by molar-refractivity contribution is 0.158. The monoisotopic (exact) mass is 356 g/mol. The Morgan fingerprint density at radius 3 is 2.46 bits per heavy atom. The highest BCUT2D eigenvalue weighted by molar-refractivity contribution is 5.80. The normalized spacial score (nSPS) is 23.0. The summed E-state index contributed by atoms with van der Waals surface area (Å²) in [5, 5.41) is 7.24. The molecule has 2 N–H and O–H groups in total. The predicted molar refractivity (Wildman–Crippen MR) is 111 cm³/mol. The van der Waals surface area contributed by atoms with Crippen LogP contribution in [-0.4, -0.2) is 43.6 Å². The van der Waals surface area contributed by atoms with Crippen LogP contribution in [0.1, 0.15) is 64.0 Å². The molecule has 3 rings (SSSR count). The van der Waals surface area contributed by atoms with Crippen LogP contribution in [0.4, 0.5) is 0 Å². The summed E-state index contributed by atoms with van der Waals surface area (Å²) in [4.78, 5) is 7.06. The number of piperidine rings is 1. The van der Waals surface area contributed by atoms with Crippen LogP contribution in [0.2, 0.25) is 0 Å². The Kier molecular flexibility index (Phi) is 6.58. The van der Waals surface area contributed by atoms with Crippen LogP contribution >= 0.6 is 0 Å². The van der Waals surface area contributed by atoms with E-state index in [0.29, 0.717) is 17.5 Å². The number of likely N-dealkylation sites (tertiary alicyclic amines) is 1. The van der Waals surface area contributed by atoms with Gasteiger partial charge in [-0.25, -0.2) is 0 Å². The first-order chi connectivity index (χ1) is 12.6. The highest BCUT2D eigenvalue weighted by atomic mass is 15.2. The standard InChI is InChI=1S/C22H36N4/c1-18(19-9-5-4-6-10-19)26-15-11-20(12-16-26)25-21(23-3)24-17-22(2)13-7-8-14-22/h4-6,9-10,18,20H,7-8,11-17H2,1-3H3,(H2,23,24,25). The molecular formula is C22H36N4. The Hall–Kier alpha value is -1.55. The number of aliphatic imine (C=N–C) groups is 1. The summed E-state index contributed by atoms with van der Waals surface area (Å²) in [5.41, 5.74) is 1.87. The van der Waals surface area contributed by atoms with Crippen molar-refractivity contribution in [1.29, 1.82) is 0 Å². The van der Waals surface area contributed by atoms with E-state index >= 15 is 0 Å². The van der Waals surface area contributed by atoms with E-state index in [9.17, 15) is 0 Å². The summed E-state index contributed by atoms with van der Waals surface area (Å²) < 4.78 is 0. The molecule has 1 heterocycles. The van der Waals surface area contributed by atoms with Crippen molar-refractivity contribution < 1.29 is 0 Å². The quantitative estimate of drug-likeness (QED) is 0.620. The van der Waals surface area contributed by atoms with Gasteiger partial charge in [-0.2, -0.15) is 0 Å². The van der Waals surface area contributed by atoms with Gasteiger partial charge < -0.3 is 10.6 Å². The van der Waals surface area contributed by atoms with E-state index in [4.69, 9.17) is 0 Å². The lowest BCUT2D eigenvalue weighted by atomic mass is 9.89. The molecule has 1 unspecified atom stereocenters. The molecule has 144 valence electrons. The molecule has 1 aromatic carbocycles. The van der Waals surface area contributed by atoms with Crippen molar-refractivity contribution in [2.24, 2.45) is 10.4 Å². The van der Waals surface area contributed by atoms with Crippen LogP contribution in [0.5, 0.6) is 0 Å². The van der Waals surface area contributed by atoms with E-state index in [1.165, 1.54) is 44.1 Å². The Bertz CT molecular complexity index is 569. The Labute approximate surface area is 159 Å². The van der Waals surface area contributed by atoms with Crippen molar-refractivity contribution >= 4 is 5.96 Å². The van der Waals surface area contributed by atoms with Gasteiger partial charge >= 0.3 is 0 Å². The third-order valence-corrected chi connectivity index (χ3v) is 6.42. The smallest absolute Gasteiger partial charge is 0.191 e. The number of nitrogens with zero attached hydrogens (tertiary/aromatic N) is 2. The zero-order valence-corrected chi connectivity index (χ0v) is 16.8. The first kappa shape index (κ1) is 19.2. The van der Waals surface area contributed by atoms with E-state index in [1.807, 2.05) is 7.05 Å². The maximum absolute atomic E-state index is 4.46. The summed E-state index contributed by atoms with van der Waals surface area (Å²) in [6, 6.07) is 11.9. The van der Waals surface area contributed by atoms with Gasteiger partial charge in [-0.15, -0.1) is 0 Å². The van der Waals surface area contributed by atoms with E-state index in [0.717, 1.165) is 25.6 Å². The molecule has 4 heteroatoms. The lowest BCUT2D eigenvalue weighted by Gasteiger charge is -2.37. The number of nitrogens with one attached hydrogen (secondary N) is 2. The van der Waals surface area contributed by atoms with Crippen molar-refractivity contribution in [3.63, 3.8) is 0 Å². The van der Waals surface area contributed by atoms with Crippen molar-refractivity contribution in [3.8, 4) is 0 Å². The van der Waals surface area contributed by atoms with Crippen LogP contribution in [0.25, 0.3) is 0 Å². The van der Waals surface area contributed by atoms with Crippen LogP contribution in [0.3, 0.4) is 0 Å². The second-order valence-corrected chi connectivity index (χ2v) is 8.48. The molecular weight excluding hydrogens is 320 g/mol. The molecule has 0 amide bonds. The summed E-state index contributed by atoms with van der Waals surface area (Å²) >= 11 is 0. The summed E-state index contributed by atoms with van der Waals surface area (Å²) in [5.74, 6) is 0.979. The van der Waals surface area contributed by atoms with Gasteiger partial charge in [-0.05, 0) is 43.6 Å². The molecule has 1 aliphatic carbocycles. The number of rotatable bonds is 5. The van der Waals surface area contributed by atoms with Gasteiger partial charge in [0.1, 0.15) is 0 Å². The van der Waals surface area contributed by atoms with Crippen molar-refractivity contribution in [2.45, 2.75) is 64.5 Å². The summed E-state index contributed by atoms with van der Waals surface area (Å²) in [6.45, 7) is 8.05. The minimum atomic E-state index is 0.450. The van der Waals surface area contributed by atoms with Crippen LogP contribution in [-0.2, 0) is 0 Å². The third-order valence-electron chi connectivity index (χ3n) is 6.42. The molecule has 2 aliphatic rings. The fraction of sp³-hybridized carbons (Fsp3) is 0.682. The van der Waals surface area contributed by atoms with Gasteiger partial charge in [0.15, 0.2) is 5.96 Å². The van der Waals surface area contributed by atoms with Crippen LogP contribution in [0, 0.1) is 5.41 Å². The number of hydrogen-bond acceptors (Lipinski definition) is 2. The molecule has 1 aromatic rings. The average molecular weight is 357 g/mol. The minimum absolute atomic E-state index is 0.450. The molecule has 1 saturated heterocycles. The molecule has 1 atom stereocenters. The summed E-state index contributed by atoms with van der Waals surface area (Å²) in [7, 11) is 1.89. The zero-order chi connectivity index (χ0) is 18.4. The molecule has 26 heavy (non-hydrogen) atoms. The number of guanidine groups is 1. The Balaban J connectivity index is 1.44. The highest BCUT2D eigenvalue weighted by Crippen LogP contribution is 2.36. The summed E-state index contributed by atoms with van der Waals surface area (Å²) in [6.07, 6.45) is 7.79. The SMILES string of the molecule is CN=C(NCC1(C)CCCC1)NC1CCN(C(C)c2ccccc2)CC1. The van der Waals surface area contributed by atoms with Gasteiger partial charge in [0, 0.05) is 38.8 Å². The highest BCUT2D eigenvalue weighted by Gasteiger charge is 2.29. The first-order valence-corrected chi connectivity index (χ1v) is 10.4. The topological polar surface area (TPSA) is 39.7 Å². The van der Waals surface area contributed by atoms with E-state index < -0.39 is 0 Å². The fourth-order valence-corrected chi connectivity index (χ4v) is 4.46. The second kappa shape index (κ2) is 8.90. The first-order valence-electron chi connectivity index (χ1n) is 10.4. The van der Waals surface area contributed by atoms with Gasteiger partial charge in [-0.1, -0.05) is 50.1 Å². The maximum Gasteiger partial charge on any atom is 0.191 e. The molecule has 0 bridgehead atoms. The Morgan fingerprint density at radius 1 is 1.19 bits per heavy atom. The minimum Gasteiger partial charge on any atom is -0.356 e.